The summed E-state index contributed by atoms with van der Waals surface area (Å²) in [7, 11) is 0. The first-order valence-electron chi connectivity index (χ1n) is 6.63. The van der Waals surface area contributed by atoms with Crippen molar-refractivity contribution in [3.8, 4) is 0 Å². The van der Waals surface area contributed by atoms with Crippen LogP contribution in [0, 0.1) is 17.5 Å². The fourth-order valence-electron chi connectivity index (χ4n) is 2.02. The maximum atomic E-state index is 13.1. The molecule has 0 spiro atoms. The molecule has 0 saturated heterocycles. The van der Waals surface area contributed by atoms with E-state index in [1.807, 2.05) is 0 Å². The van der Waals surface area contributed by atoms with E-state index in [9.17, 15) is 18.0 Å². The van der Waals surface area contributed by atoms with Crippen molar-refractivity contribution >= 4 is 5.91 Å². The van der Waals surface area contributed by atoms with Crippen LogP contribution < -0.4 is 5.32 Å². The van der Waals surface area contributed by atoms with E-state index in [4.69, 9.17) is 0 Å². The number of hydrogen-bond acceptors (Lipinski definition) is 3. The van der Waals surface area contributed by atoms with Gasteiger partial charge in [-0.15, -0.1) is 0 Å². The molecule has 0 bridgehead atoms. The fourth-order valence-corrected chi connectivity index (χ4v) is 2.02. The Balaban J connectivity index is 1.92. The molecule has 0 unspecified atom stereocenters. The zero-order valence-corrected chi connectivity index (χ0v) is 11.8. The summed E-state index contributed by atoms with van der Waals surface area (Å²) in [6.45, 7) is 1.78. The van der Waals surface area contributed by atoms with Gasteiger partial charge in [-0.05, 0) is 24.6 Å². The predicted molar refractivity (Wildman–Crippen MR) is 73.4 cm³/mol. The van der Waals surface area contributed by atoms with Crippen molar-refractivity contribution in [1.29, 1.82) is 0 Å². The van der Waals surface area contributed by atoms with Gasteiger partial charge in [0.2, 0.25) is 5.91 Å². The van der Waals surface area contributed by atoms with Crippen molar-refractivity contribution < 1.29 is 18.0 Å². The van der Waals surface area contributed by atoms with Crippen LogP contribution >= 0.6 is 0 Å². The molecule has 4 nitrogen and oxygen atoms in total. The van der Waals surface area contributed by atoms with Crippen LogP contribution in [0.2, 0.25) is 0 Å². The predicted octanol–water partition coefficient (Wildman–Crippen LogP) is 2.18. The first kappa shape index (κ1) is 15.9. The van der Waals surface area contributed by atoms with Gasteiger partial charge in [0.1, 0.15) is 0 Å². The molecule has 2 rings (SSSR count). The first-order chi connectivity index (χ1) is 10.5. The van der Waals surface area contributed by atoms with E-state index in [-0.39, 0.29) is 18.0 Å². The summed E-state index contributed by atoms with van der Waals surface area (Å²) >= 11 is 0. The molecular formula is C15H14F3N3O. The number of carbonyl (C=O) groups is 1. The van der Waals surface area contributed by atoms with E-state index in [0.717, 1.165) is 12.1 Å². The van der Waals surface area contributed by atoms with Gasteiger partial charge >= 0.3 is 0 Å². The van der Waals surface area contributed by atoms with E-state index in [1.54, 1.807) is 25.5 Å². The average molecular weight is 309 g/mol. The number of carbonyl (C=O) groups excluding carboxylic acids is 1. The largest absolute Gasteiger partial charge is 0.353 e. The molecule has 1 N–H and O–H groups in total. The number of hydrogen-bond donors (Lipinski definition) is 1. The first-order valence-corrected chi connectivity index (χ1v) is 6.63. The van der Waals surface area contributed by atoms with Crippen LogP contribution in [0.25, 0.3) is 0 Å². The molecule has 1 aromatic heterocycles. The topological polar surface area (TPSA) is 54.9 Å². The van der Waals surface area contributed by atoms with Crippen LogP contribution in [0.1, 0.15) is 18.2 Å². The summed E-state index contributed by atoms with van der Waals surface area (Å²) in [6.07, 6.45) is 4.93. The van der Waals surface area contributed by atoms with Gasteiger partial charge in [0.15, 0.2) is 17.5 Å². The standard InChI is InChI=1S/C15H14F3N3O/c1-9(4-11-8-19-2-3-20-11)21-14(22)7-10-5-12(16)15(18)13(17)6-10/h2-3,5-6,8-9H,4,7H2,1H3,(H,21,22)/t9-/m0/s1. The third kappa shape index (κ3) is 4.28. The van der Waals surface area contributed by atoms with Crippen LogP contribution in [0.15, 0.2) is 30.7 Å². The van der Waals surface area contributed by atoms with E-state index >= 15 is 0 Å². The number of halogens is 3. The Morgan fingerprint density at radius 3 is 2.50 bits per heavy atom. The minimum atomic E-state index is -1.54. The lowest BCUT2D eigenvalue weighted by Crippen LogP contribution is -2.35. The number of nitrogens with one attached hydrogen (secondary N) is 1. The molecule has 0 radical (unpaired) electrons. The molecule has 0 saturated carbocycles. The third-order valence-electron chi connectivity index (χ3n) is 2.95. The Morgan fingerprint density at radius 2 is 1.91 bits per heavy atom. The van der Waals surface area contributed by atoms with Crippen molar-refractivity contribution in [2.75, 3.05) is 0 Å². The lowest BCUT2D eigenvalue weighted by atomic mass is 10.1. The molecule has 1 aromatic carbocycles. The van der Waals surface area contributed by atoms with E-state index in [2.05, 4.69) is 15.3 Å². The molecule has 1 amide bonds. The Hall–Kier alpha value is -2.44. The molecule has 0 aliphatic carbocycles. The molecule has 22 heavy (non-hydrogen) atoms. The molecule has 2 aromatic rings. The highest BCUT2D eigenvalue weighted by Gasteiger charge is 2.14. The number of nitrogens with zero attached hydrogens (tertiary/aromatic N) is 2. The van der Waals surface area contributed by atoms with E-state index in [0.29, 0.717) is 12.1 Å². The number of amides is 1. The van der Waals surface area contributed by atoms with E-state index < -0.39 is 23.4 Å². The van der Waals surface area contributed by atoms with Gasteiger partial charge in [-0.3, -0.25) is 14.8 Å². The summed E-state index contributed by atoms with van der Waals surface area (Å²) in [5.74, 6) is -4.58. The zero-order valence-electron chi connectivity index (χ0n) is 11.8. The van der Waals surface area contributed by atoms with Gasteiger partial charge in [0, 0.05) is 31.1 Å². The Bertz CT molecular complexity index is 641. The highest BCUT2D eigenvalue weighted by molar-refractivity contribution is 5.78. The zero-order chi connectivity index (χ0) is 16.1. The number of rotatable bonds is 5. The van der Waals surface area contributed by atoms with Crippen molar-refractivity contribution in [2.24, 2.45) is 0 Å². The highest BCUT2D eigenvalue weighted by Crippen LogP contribution is 2.14. The average Bonchev–Trinajstić information content (AvgIpc) is 2.45. The SMILES string of the molecule is C[C@@H](Cc1cnccn1)NC(=O)Cc1cc(F)c(F)c(F)c1. The van der Waals surface area contributed by atoms with Crippen LogP contribution in [0.3, 0.4) is 0 Å². The smallest absolute Gasteiger partial charge is 0.224 e. The maximum Gasteiger partial charge on any atom is 0.224 e. The second-order valence-corrected chi connectivity index (χ2v) is 4.92. The molecule has 1 atom stereocenters. The van der Waals surface area contributed by atoms with E-state index in [1.165, 1.54) is 0 Å². The summed E-state index contributed by atoms with van der Waals surface area (Å²) < 4.78 is 39.0. The summed E-state index contributed by atoms with van der Waals surface area (Å²) in [5, 5.41) is 2.69. The fraction of sp³-hybridized carbons (Fsp3) is 0.267. The minimum Gasteiger partial charge on any atom is -0.353 e. The summed E-state index contributed by atoms with van der Waals surface area (Å²) in [5.41, 5.74) is 0.787. The lowest BCUT2D eigenvalue weighted by molar-refractivity contribution is -0.121. The van der Waals surface area contributed by atoms with Crippen LogP contribution in [-0.4, -0.2) is 21.9 Å². The van der Waals surface area contributed by atoms with Crippen molar-refractivity contribution in [1.82, 2.24) is 15.3 Å². The summed E-state index contributed by atoms with van der Waals surface area (Å²) in [4.78, 5) is 19.8. The normalized spacial score (nSPS) is 12.0. The third-order valence-corrected chi connectivity index (χ3v) is 2.95. The van der Waals surface area contributed by atoms with Gasteiger partial charge in [0.05, 0.1) is 12.1 Å². The van der Waals surface area contributed by atoms with Crippen molar-refractivity contribution in [2.45, 2.75) is 25.8 Å². The molecular weight excluding hydrogens is 295 g/mol. The minimum absolute atomic E-state index is 0.0700. The van der Waals surface area contributed by atoms with Crippen LogP contribution in [0.5, 0.6) is 0 Å². The molecule has 0 aliphatic heterocycles. The second-order valence-electron chi connectivity index (χ2n) is 4.92. The Labute approximate surface area is 125 Å². The molecule has 1 heterocycles. The maximum absolute atomic E-state index is 13.1. The Morgan fingerprint density at radius 1 is 1.23 bits per heavy atom. The van der Waals surface area contributed by atoms with Gasteiger partial charge in [-0.1, -0.05) is 0 Å². The highest BCUT2D eigenvalue weighted by atomic mass is 19.2. The number of aromatic nitrogens is 2. The van der Waals surface area contributed by atoms with Crippen molar-refractivity contribution in [3.63, 3.8) is 0 Å². The number of benzene rings is 1. The molecule has 7 heteroatoms. The quantitative estimate of drug-likeness (QED) is 0.861. The molecule has 0 aliphatic rings. The van der Waals surface area contributed by atoms with Gasteiger partial charge in [0.25, 0.3) is 0 Å². The summed E-state index contributed by atoms with van der Waals surface area (Å²) in [6, 6.07) is 1.40. The van der Waals surface area contributed by atoms with Crippen LogP contribution in [-0.2, 0) is 17.6 Å². The van der Waals surface area contributed by atoms with Gasteiger partial charge in [-0.2, -0.15) is 0 Å². The van der Waals surface area contributed by atoms with Crippen molar-refractivity contribution in [3.05, 3.63) is 59.4 Å². The molecule has 116 valence electrons. The lowest BCUT2D eigenvalue weighted by Gasteiger charge is -2.13. The van der Waals surface area contributed by atoms with Gasteiger partial charge < -0.3 is 5.32 Å². The van der Waals surface area contributed by atoms with Crippen LogP contribution in [0.4, 0.5) is 13.2 Å². The van der Waals surface area contributed by atoms with Gasteiger partial charge in [-0.25, -0.2) is 13.2 Å². The molecule has 0 fully saturated rings. The monoisotopic (exact) mass is 309 g/mol. The second kappa shape index (κ2) is 7.02. The Kier molecular flexibility index (Phi) is 5.08.